The van der Waals surface area contributed by atoms with Gasteiger partial charge in [-0.05, 0) is 25.2 Å². The highest BCUT2D eigenvalue weighted by Crippen LogP contribution is 2.16. The Balaban J connectivity index is 2.15. The standard InChI is InChI=1S/C8H13NO/c10-7-9-6-8-4-2-1-3-5-8/h1-2,7-8H,3-6H2,(H,9,10). The van der Waals surface area contributed by atoms with Crippen LogP contribution in [0, 0.1) is 5.92 Å². The Labute approximate surface area is 61.3 Å². The zero-order chi connectivity index (χ0) is 7.23. The molecule has 0 fully saturated rings. The summed E-state index contributed by atoms with van der Waals surface area (Å²) in [5.74, 6) is 0.676. The van der Waals surface area contributed by atoms with E-state index in [1.54, 1.807) is 0 Å². The summed E-state index contributed by atoms with van der Waals surface area (Å²) in [7, 11) is 0. The van der Waals surface area contributed by atoms with Gasteiger partial charge >= 0.3 is 0 Å². The fourth-order valence-electron chi connectivity index (χ4n) is 1.26. The number of rotatable bonds is 3. The maximum absolute atomic E-state index is 9.92. The third kappa shape index (κ3) is 2.21. The van der Waals surface area contributed by atoms with Crippen LogP contribution in [0.1, 0.15) is 19.3 Å². The van der Waals surface area contributed by atoms with Crippen LogP contribution >= 0.6 is 0 Å². The van der Waals surface area contributed by atoms with Crippen LogP contribution in [0.3, 0.4) is 0 Å². The molecule has 56 valence electrons. The predicted molar refractivity (Wildman–Crippen MR) is 40.5 cm³/mol. The van der Waals surface area contributed by atoms with Crippen molar-refractivity contribution in [3.8, 4) is 0 Å². The van der Waals surface area contributed by atoms with E-state index in [-0.39, 0.29) is 0 Å². The Bertz CT molecular complexity index is 131. The molecular formula is C8H13NO. The van der Waals surface area contributed by atoms with Gasteiger partial charge in [0.05, 0.1) is 0 Å². The van der Waals surface area contributed by atoms with E-state index < -0.39 is 0 Å². The molecule has 0 saturated carbocycles. The quantitative estimate of drug-likeness (QED) is 0.460. The highest BCUT2D eigenvalue weighted by atomic mass is 16.1. The van der Waals surface area contributed by atoms with Gasteiger partial charge in [-0.15, -0.1) is 0 Å². The molecular weight excluding hydrogens is 126 g/mol. The first kappa shape index (κ1) is 7.32. The lowest BCUT2D eigenvalue weighted by atomic mass is 9.95. The lowest BCUT2D eigenvalue weighted by molar-refractivity contribution is -0.109. The Hall–Kier alpha value is -0.790. The van der Waals surface area contributed by atoms with Gasteiger partial charge in [-0.25, -0.2) is 0 Å². The molecule has 0 heterocycles. The van der Waals surface area contributed by atoms with Crippen molar-refractivity contribution in [2.24, 2.45) is 5.92 Å². The number of hydrogen-bond acceptors (Lipinski definition) is 1. The van der Waals surface area contributed by atoms with Crippen molar-refractivity contribution >= 4 is 6.41 Å². The molecule has 2 nitrogen and oxygen atoms in total. The molecule has 0 saturated heterocycles. The number of hydrogen-bond donors (Lipinski definition) is 1. The Kier molecular flexibility index (Phi) is 3.00. The van der Waals surface area contributed by atoms with E-state index in [0.717, 1.165) is 19.4 Å². The lowest BCUT2D eigenvalue weighted by Gasteiger charge is -2.16. The Morgan fingerprint density at radius 2 is 2.50 bits per heavy atom. The molecule has 0 aliphatic heterocycles. The molecule has 0 bridgehead atoms. The first-order valence-electron chi connectivity index (χ1n) is 3.75. The monoisotopic (exact) mass is 139 g/mol. The third-order valence-corrected chi connectivity index (χ3v) is 1.87. The highest BCUT2D eigenvalue weighted by Gasteiger charge is 2.07. The topological polar surface area (TPSA) is 29.1 Å². The molecule has 1 atom stereocenters. The van der Waals surface area contributed by atoms with E-state index >= 15 is 0 Å². The van der Waals surface area contributed by atoms with Crippen molar-refractivity contribution in [3.63, 3.8) is 0 Å². The summed E-state index contributed by atoms with van der Waals surface area (Å²) in [6, 6.07) is 0. The first-order chi connectivity index (χ1) is 4.93. The number of amides is 1. The molecule has 1 amide bonds. The first-order valence-corrected chi connectivity index (χ1v) is 3.75. The molecule has 1 N–H and O–H groups in total. The summed E-state index contributed by atoms with van der Waals surface area (Å²) in [6.45, 7) is 0.841. The van der Waals surface area contributed by atoms with Crippen molar-refractivity contribution in [3.05, 3.63) is 12.2 Å². The van der Waals surface area contributed by atoms with Gasteiger partial charge in [-0.1, -0.05) is 12.2 Å². The zero-order valence-electron chi connectivity index (χ0n) is 6.05. The van der Waals surface area contributed by atoms with Crippen molar-refractivity contribution in [1.29, 1.82) is 0 Å². The second-order valence-electron chi connectivity index (χ2n) is 2.68. The second kappa shape index (κ2) is 4.09. The average molecular weight is 139 g/mol. The number of nitrogens with one attached hydrogen (secondary N) is 1. The van der Waals surface area contributed by atoms with Crippen LogP contribution in [0.2, 0.25) is 0 Å². The fourth-order valence-corrected chi connectivity index (χ4v) is 1.26. The summed E-state index contributed by atoms with van der Waals surface area (Å²) in [5.41, 5.74) is 0. The van der Waals surface area contributed by atoms with Gasteiger partial charge in [0, 0.05) is 6.54 Å². The highest BCUT2D eigenvalue weighted by molar-refractivity contribution is 5.45. The molecule has 10 heavy (non-hydrogen) atoms. The smallest absolute Gasteiger partial charge is 0.207 e. The van der Waals surface area contributed by atoms with Gasteiger partial charge in [0.15, 0.2) is 0 Å². The van der Waals surface area contributed by atoms with Crippen molar-refractivity contribution in [2.45, 2.75) is 19.3 Å². The van der Waals surface area contributed by atoms with Crippen molar-refractivity contribution in [1.82, 2.24) is 5.32 Å². The molecule has 0 aromatic rings. The van der Waals surface area contributed by atoms with Crippen LogP contribution in [0.15, 0.2) is 12.2 Å². The predicted octanol–water partition coefficient (Wildman–Crippen LogP) is 1.09. The van der Waals surface area contributed by atoms with Gasteiger partial charge < -0.3 is 5.32 Å². The van der Waals surface area contributed by atoms with E-state index in [0.29, 0.717) is 5.92 Å². The number of allylic oxidation sites excluding steroid dienone is 2. The van der Waals surface area contributed by atoms with Crippen LogP contribution < -0.4 is 5.32 Å². The molecule has 1 aliphatic rings. The molecule has 1 rings (SSSR count). The van der Waals surface area contributed by atoms with Crippen LogP contribution in [0.25, 0.3) is 0 Å². The molecule has 0 aromatic heterocycles. The SMILES string of the molecule is O=CNCC1CC=CCC1. The van der Waals surface area contributed by atoms with Crippen LogP contribution in [0.4, 0.5) is 0 Å². The number of carbonyl (C=O) groups excluding carboxylic acids is 1. The van der Waals surface area contributed by atoms with Gasteiger partial charge in [-0.3, -0.25) is 4.79 Å². The normalized spacial score (nSPS) is 24.2. The minimum absolute atomic E-state index is 0.676. The lowest BCUT2D eigenvalue weighted by Crippen LogP contribution is -2.21. The minimum Gasteiger partial charge on any atom is -0.358 e. The molecule has 1 unspecified atom stereocenters. The zero-order valence-corrected chi connectivity index (χ0v) is 6.05. The molecule has 0 aromatic carbocycles. The summed E-state index contributed by atoms with van der Waals surface area (Å²) in [6.07, 6.45) is 8.69. The molecule has 0 spiro atoms. The van der Waals surface area contributed by atoms with Gasteiger partial charge in [0.2, 0.25) is 6.41 Å². The van der Waals surface area contributed by atoms with Crippen LogP contribution in [-0.2, 0) is 4.79 Å². The molecule has 1 aliphatic carbocycles. The fraction of sp³-hybridized carbons (Fsp3) is 0.625. The van der Waals surface area contributed by atoms with E-state index in [9.17, 15) is 4.79 Å². The molecule has 2 heteroatoms. The summed E-state index contributed by atoms with van der Waals surface area (Å²) < 4.78 is 0. The van der Waals surface area contributed by atoms with E-state index in [4.69, 9.17) is 0 Å². The van der Waals surface area contributed by atoms with E-state index in [1.165, 1.54) is 12.8 Å². The Morgan fingerprint density at radius 1 is 1.60 bits per heavy atom. The molecule has 0 radical (unpaired) electrons. The summed E-state index contributed by atoms with van der Waals surface area (Å²) in [5, 5.41) is 2.70. The van der Waals surface area contributed by atoms with Crippen molar-refractivity contribution < 1.29 is 4.79 Å². The minimum atomic E-state index is 0.676. The maximum atomic E-state index is 9.92. The maximum Gasteiger partial charge on any atom is 0.207 e. The van der Waals surface area contributed by atoms with Gasteiger partial charge in [0.1, 0.15) is 0 Å². The summed E-state index contributed by atoms with van der Waals surface area (Å²) >= 11 is 0. The third-order valence-electron chi connectivity index (χ3n) is 1.87. The van der Waals surface area contributed by atoms with Crippen molar-refractivity contribution in [2.75, 3.05) is 6.54 Å². The largest absolute Gasteiger partial charge is 0.358 e. The van der Waals surface area contributed by atoms with Crippen LogP contribution in [-0.4, -0.2) is 13.0 Å². The van der Waals surface area contributed by atoms with E-state index in [1.807, 2.05) is 0 Å². The summed E-state index contributed by atoms with van der Waals surface area (Å²) in [4.78, 5) is 9.92. The van der Waals surface area contributed by atoms with Gasteiger partial charge in [0.25, 0.3) is 0 Å². The van der Waals surface area contributed by atoms with Crippen LogP contribution in [0.5, 0.6) is 0 Å². The average Bonchev–Trinajstić information content (AvgIpc) is 2.03. The second-order valence-corrected chi connectivity index (χ2v) is 2.68. The van der Waals surface area contributed by atoms with E-state index in [2.05, 4.69) is 17.5 Å². The van der Waals surface area contributed by atoms with Gasteiger partial charge in [-0.2, -0.15) is 0 Å². The Morgan fingerprint density at radius 3 is 3.10 bits per heavy atom. The number of carbonyl (C=O) groups is 1.